The molecular weight excluding hydrogens is 200 g/mol. The van der Waals surface area contributed by atoms with Crippen molar-refractivity contribution >= 4 is 5.69 Å². The van der Waals surface area contributed by atoms with Crippen LogP contribution < -0.4 is 9.64 Å². The van der Waals surface area contributed by atoms with Gasteiger partial charge in [0.05, 0.1) is 12.8 Å². The molecule has 1 aromatic rings. The molecule has 3 heteroatoms. The largest absolute Gasteiger partial charge is 0.495 e. The van der Waals surface area contributed by atoms with E-state index in [1.165, 1.54) is 0 Å². The van der Waals surface area contributed by atoms with Gasteiger partial charge >= 0.3 is 0 Å². The molecule has 1 atom stereocenters. The summed E-state index contributed by atoms with van der Waals surface area (Å²) in [5, 5.41) is 0. The number of para-hydroxylation sites is 2. The third kappa shape index (κ3) is 1.73. The van der Waals surface area contributed by atoms with E-state index in [0.29, 0.717) is 6.17 Å². The lowest BCUT2D eigenvalue weighted by molar-refractivity contribution is 0.332. The molecule has 0 bridgehead atoms. The van der Waals surface area contributed by atoms with Gasteiger partial charge in [0.2, 0.25) is 0 Å². The summed E-state index contributed by atoms with van der Waals surface area (Å²) in [5.74, 6) is 0.914. The van der Waals surface area contributed by atoms with Crippen LogP contribution in [0.4, 0.5) is 5.69 Å². The van der Waals surface area contributed by atoms with Crippen LogP contribution in [0.1, 0.15) is 13.8 Å². The van der Waals surface area contributed by atoms with Crippen molar-refractivity contribution in [2.45, 2.75) is 20.0 Å². The summed E-state index contributed by atoms with van der Waals surface area (Å²) in [6.45, 7) is 5.37. The number of anilines is 1. The standard InChI is InChI=1S/C13H18N2O/c1-4-14-9-10-15(11(14)2)12-7-5-6-8-13(12)16-3/h5-11H,4H2,1-3H3/t11-/m0/s1. The highest BCUT2D eigenvalue weighted by atomic mass is 16.5. The minimum Gasteiger partial charge on any atom is -0.495 e. The van der Waals surface area contributed by atoms with E-state index >= 15 is 0 Å². The Balaban J connectivity index is 2.29. The molecule has 0 radical (unpaired) electrons. The predicted molar refractivity (Wildman–Crippen MR) is 66.5 cm³/mol. The van der Waals surface area contributed by atoms with Crippen molar-refractivity contribution in [1.29, 1.82) is 0 Å². The Bertz CT molecular complexity index is 389. The second-order valence-electron chi connectivity index (χ2n) is 3.84. The molecular formula is C13H18N2O. The predicted octanol–water partition coefficient (Wildman–Crippen LogP) is 2.65. The average molecular weight is 218 g/mol. The molecule has 0 saturated heterocycles. The summed E-state index contributed by atoms with van der Waals surface area (Å²) >= 11 is 0. The summed E-state index contributed by atoms with van der Waals surface area (Å²) in [7, 11) is 1.71. The lowest BCUT2D eigenvalue weighted by Crippen LogP contribution is -2.35. The van der Waals surface area contributed by atoms with Gasteiger partial charge in [0.1, 0.15) is 11.9 Å². The maximum atomic E-state index is 5.38. The number of rotatable bonds is 3. The number of ether oxygens (including phenoxy) is 1. The van der Waals surface area contributed by atoms with Crippen molar-refractivity contribution in [2.75, 3.05) is 18.6 Å². The van der Waals surface area contributed by atoms with Gasteiger partial charge in [0, 0.05) is 18.9 Å². The molecule has 0 amide bonds. The zero-order valence-corrected chi connectivity index (χ0v) is 10.1. The van der Waals surface area contributed by atoms with Crippen LogP contribution >= 0.6 is 0 Å². The first kappa shape index (κ1) is 10.9. The van der Waals surface area contributed by atoms with Crippen molar-refractivity contribution in [1.82, 2.24) is 4.90 Å². The number of hydrogen-bond donors (Lipinski definition) is 0. The van der Waals surface area contributed by atoms with Crippen LogP contribution in [0.15, 0.2) is 36.7 Å². The summed E-state index contributed by atoms with van der Waals surface area (Å²) in [4.78, 5) is 4.51. The Labute approximate surface area is 96.9 Å². The van der Waals surface area contributed by atoms with E-state index in [1.54, 1.807) is 7.11 Å². The molecule has 1 aromatic carbocycles. The number of methoxy groups -OCH3 is 1. The zero-order chi connectivity index (χ0) is 11.5. The van der Waals surface area contributed by atoms with Crippen LogP contribution in [-0.4, -0.2) is 24.7 Å². The minimum atomic E-state index is 0.348. The maximum absolute atomic E-state index is 5.38. The Morgan fingerprint density at radius 1 is 1.25 bits per heavy atom. The molecule has 0 fully saturated rings. The topological polar surface area (TPSA) is 15.7 Å². The molecule has 0 aliphatic carbocycles. The highest BCUT2D eigenvalue weighted by molar-refractivity contribution is 5.61. The van der Waals surface area contributed by atoms with E-state index in [0.717, 1.165) is 18.0 Å². The quantitative estimate of drug-likeness (QED) is 0.775. The lowest BCUT2D eigenvalue weighted by atomic mass is 10.2. The number of hydrogen-bond acceptors (Lipinski definition) is 3. The van der Waals surface area contributed by atoms with Crippen molar-refractivity contribution in [3.8, 4) is 5.75 Å². The molecule has 2 rings (SSSR count). The highest BCUT2D eigenvalue weighted by Gasteiger charge is 2.23. The summed E-state index contributed by atoms with van der Waals surface area (Å²) in [5.41, 5.74) is 1.12. The second kappa shape index (κ2) is 4.47. The highest BCUT2D eigenvalue weighted by Crippen LogP contribution is 2.32. The van der Waals surface area contributed by atoms with Crippen LogP contribution in [0.5, 0.6) is 5.75 Å². The van der Waals surface area contributed by atoms with Crippen LogP contribution in [0.2, 0.25) is 0 Å². The van der Waals surface area contributed by atoms with Gasteiger partial charge in [0.15, 0.2) is 0 Å². The first-order chi connectivity index (χ1) is 7.77. The van der Waals surface area contributed by atoms with Gasteiger partial charge in [-0.15, -0.1) is 0 Å². The zero-order valence-electron chi connectivity index (χ0n) is 10.1. The van der Waals surface area contributed by atoms with Gasteiger partial charge in [-0.05, 0) is 26.0 Å². The lowest BCUT2D eigenvalue weighted by Gasteiger charge is -2.29. The fourth-order valence-corrected chi connectivity index (χ4v) is 2.06. The van der Waals surface area contributed by atoms with E-state index in [4.69, 9.17) is 4.74 Å². The Hall–Kier alpha value is -1.64. The summed E-state index contributed by atoms with van der Waals surface area (Å²) < 4.78 is 5.38. The van der Waals surface area contributed by atoms with E-state index in [2.05, 4.69) is 42.1 Å². The molecule has 3 nitrogen and oxygen atoms in total. The van der Waals surface area contributed by atoms with Crippen molar-refractivity contribution in [3.05, 3.63) is 36.7 Å². The fraction of sp³-hybridized carbons (Fsp3) is 0.385. The number of nitrogens with zero attached hydrogens (tertiary/aromatic N) is 2. The summed E-state index contributed by atoms with van der Waals surface area (Å²) in [6, 6.07) is 8.10. The third-order valence-corrected chi connectivity index (χ3v) is 3.03. The number of benzene rings is 1. The Morgan fingerprint density at radius 2 is 2.00 bits per heavy atom. The minimum absolute atomic E-state index is 0.348. The van der Waals surface area contributed by atoms with Gasteiger partial charge in [-0.1, -0.05) is 12.1 Å². The Morgan fingerprint density at radius 3 is 2.62 bits per heavy atom. The molecule has 0 aromatic heterocycles. The fourth-order valence-electron chi connectivity index (χ4n) is 2.06. The first-order valence-electron chi connectivity index (χ1n) is 5.63. The van der Waals surface area contributed by atoms with Gasteiger partial charge in [-0.2, -0.15) is 0 Å². The van der Waals surface area contributed by atoms with E-state index < -0.39 is 0 Å². The first-order valence-corrected chi connectivity index (χ1v) is 5.63. The summed E-state index contributed by atoms with van der Waals surface area (Å²) in [6.07, 6.45) is 4.57. The molecule has 1 aliphatic heterocycles. The van der Waals surface area contributed by atoms with Crippen LogP contribution in [0, 0.1) is 0 Å². The van der Waals surface area contributed by atoms with Crippen molar-refractivity contribution < 1.29 is 4.74 Å². The van der Waals surface area contributed by atoms with Crippen LogP contribution in [0.3, 0.4) is 0 Å². The molecule has 86 valence electrons. The molecule has 0 spiro atoms. The third-order valence-electron chi connectivity index (χ3n) is 3.03. The molecule has 1 aliphatic rings. The van der Waals surface area contributed by atoms with Crippen LogP contribution in [-0.2, 0) is 0 Å². The molecule has 0 unspecified atom stereocenters. The van der Waals surface area contributed by atoms with E-state index in [9.17, 15) is 0 Å². The van der Waals surface area contributed by atoms with Gasteiger partial charge in [0.25, 0.3) is 0 Å². The SMILES string of the molecule is CCN1C=CN(c2ccccc2OC)[C@H]1C. The van der Waals surface area contributed by atoms with E-state index in [1.807, 2.05) is 18.2 Å². The van der Waals surface area contributed by atoms with Gasteiger partial charge in [-0.3, -0.25) is 0 Å². The average Bonchev–Trinajstić information content (AvgIpc) is 2.70. The van der Waals surface area contributed by atoms with Crippen LogP contribution in [0.25, 0.3) is 0 Å². The maximum Gasteiger partial charge on any atom is 0.142 e. The molecule has 1 heterocycles. The molecule has 0 saturated carbocycles. The smallest absolute Gasteiger partial charge is 0.142 e. The van der Waals surface area contributed by atoms with Crippen molar-refractivity contribution in [3.63, 3.8) is 0 Å². The van der Waals surface area contributed by atoms with E-state index in [-0.39, 0.29) is 0 Å². The molecule has 0 N–H and O–H groups in total. The second-order valence-corrected chi connectivity index (χ2v) is 3.84. The monoisotopic (exact) mass is 218 g/mol. The Kier molecular flexibility index (Phi) is 3.04. The van der Waals surface area contributed by atoms with Gasteiger partial charge in [-0.25, -0.2) is 0 Å². The molecule has 16 heavy (non-hydrogen) atoms. The van der Waals surface area contributed by atoms with Gasteiger partial charge < -0.3 is 14.5 Å². The van der Waals surface area contributed by atoms with Crippen molar-refractivity contribution in [2.24, 2.45) is 0 Å². The normalized spacial score (nSPS) is 19.3.